The first-order valence-electron chi connectivity index (χ1n) is 8.61. The smallest absolute Gasteiger partial charge is 0.243 e. The van der Waals surface area contributed by atoms with Crippen molar-refractivity contribution in [1.82, 2.24) is 10.3 Å². The highest BCUT2D eigenvalue weighted by Crippen LogP contribution is 2.60. The van der Waals surface area contributed by atoms with E-state index in [1.54, 1.807) is 24.5 Å². The zero-order valence-electron chi connectivity index (χ0n) is 13.3. The minimum atomic E-state index is -0.198. The van der Waals surface area contributed by atoms with Crippen molar-refractivity contribution in [3.8, 4) is 0 Å². The van der Waals surface area contributed by atoms with E-state index in [0.717, 1.165) is 37.0 Å². The van der Waals surface area contributed by atoms with Gasteiger partial charge in [-0.1, -0.05) is 0 Å². The van der Waals surface area contributed by atoms with Crippen LogP contribution in [0.25, 0.3) is 0 Å². The molecule has 5 nitrogen and oxygen atoms in total. The van der Waals surface area contributed by atoms with Gasteiger partial charge in [0.05, 0.1) is 18.4 Å². The molecule has 1 aromatic heterocycles. The Morgan fingerprint density at radius 1 is 1.13 bits per heavy atom. The summed E-state index contributed by atoms with van der Waals surface area (Å²) in [5.41, 5.74) is 0.463. The molecule has 2 amide bonds. The molecule has 5 rings (SSSR count). The highest BCUT2D eigenvalue weighted by atomic mass is 16.2. The molecule has 5 heteroatoms. The van der Waals surface area contributed by atoms with E-state index in [0.29, 0.717) is 5.69 Å². The lowest BCUT2D eigenvalue weighted by Gasteiger charge is -2.55. The number of rotatable bonds is 4. The minimum Gasteiger partial charge on any atom is -0.347 e. The topological polar surface area (TPSA) is 71.1 Å². The maximum Gasteiger partial charge on any atom is 0.243 e. The van der Waals surface area contributed by atoms with E-state index >= 15 is 0 Å². The van der Waals surface area contributed by atoms with Gasteiger partial charge in [-0.25, -0.2) is 0 Å². The SMILES string of the molecule is O=C(CNC(=O)C12CC3CC(CC(C3)C1)C2)Nc1cccnc1. The third-order valence-electron chi connectivity index (χ3n) is 5.87. The molecule has 0 radical (unpaired) electrons. The molecule has 1 aromatic rings. The van der Waals surface area contributed by atoms with Crippen molar-refractivity contribution < 1.29 is 9.59 Å². The molecule has 1 heterocycles. The molecule has 4 aliphatic rings. The predicted molar refractivity (Wildman–Crippen MR) is 86.5 cm³/mol. The molecule has 0 atom stereocenters. The zero-order chi connectivity index (χ0) is 15.9. The molecule has 122 valence electrons. The van der Waals surface area contributed by atoms with Gasteiger partial charge in [0.25, 0.3) is 0 Å². The Kier molecular flexibility index (Phi) is 3.58. The third-order valence-corrected chi connectivity index (χ3v) is 5.87. The Morgan fingerprint density at radius 3 is 2.35 bits per heavy atom. The van der Waals surface area contributed by atoms with E-state index < -0.39 is 0 Å². The van der Waals surface area contributed by atoms with Crippen LogP contribution in [0.3, 0.4) is 0 Å². The number of hydrogen-bond acceptors (Lipinski definition) is 3. The lowest BCUT2D eigenvalue weighted by molar-refractivity contribution is -0.146. The maximum atomic E-state index is 12.8. The van der Waals surface area contributed by atoms with Crippen LogP contribution in [0.15, 0.2) is 24.5 Å². The summed E-state index contributed by atoms with van der Waals surface area (Å²) in [6, 6.07) is 3.55. The average Bonchev–Trinajstić information content (AvgIpc) is 2.52. The van der Waals surface area contributed by atoms with E-state index in [1.807, 2.05) is 0 Å². The van der Waals surface area contributed by atoms with E-state index in [9.17, 15) is 9.59 Å². The Bertz CT molecular complexity index is 579. The molecule has 2 N–H and O–H groups in total. The monoisotopic (exact) mass is 313 g/mol. The van der Waals surface area contributed by atoms with Crippen molar-refractivity contribution in [2.75, 3.05) is 11.9 Å². The van der Waals surface area contributed by atoms with Crippen molar-refractivity contribution in [2.24, 2.45) is 23.2 Å². The van der Waals surface area contributed by atoms with Crippen LogP contribution < -0.4 is 10.6 Å². The van der Waals surface area contributed by atoms with Gasteiger partial charge in [0, 0.05) is 11.6 Å². The lowest BCUT2D eigenvalue weighted by atomic mass is 9.49. The first-order chi connectivity index (χ1) is 11.1. The van der Waals surface area contributed by atoms with Crippen molar-refractivity contribution in [2.45, 2.75) is 38.5 Å². The van der Waals surface area contributed by atoms with Crippen LogP contribution in [-0.2, 0) is 9.59 Å². The summed E-state index contributed by atoms with van der Waals surface area (Å²) in [4.78, 5) is 28.7. The molecule has 4 bridgehead atoms. The van der Waals surface area contributed by atoms with E-state index in [-0.39, 0.29) is 23.8 Å². The molecule has 0 spiro atoms. The Hall–Kier alpha value is -1.91. The van der Waals surface area contributed by atoms with Crippen LogP contribution >= 0.6 is 0 Å². The molecular formula is C18H23N3O2. The Morgan fingerprint density at radius 2 is 1.78 bits per heavy atom. The number of anilines is 1. The molecule has 4 aliphatic carbocycles. The van der Waals surface area contributed by atoms with Crippen molar-refractivity contribution >= 4 is 17.5 Å². The number of carbonyl (C=O) groups excluding carboxylic acids is 2. The van der Waals surface area contributed by atoms with Crippen LogP contribution in [0, 0.1) is 23.2 Å². The Labute approximate surface area is 136 Å². The number of nitrogens with zero attached hydrogens (tertiary/aromatic N) is 1. The second kappa shape index (κ2) is 5.62. The van der Waals surface area contributed by atoms with Gasteiger partial charge >= 0.3 is 0 Å². The fourth-order valence-electron chi connectivity index (χ4n) is 5.38. The summed E-state index contributed by atoms with van der Waals surface area (Å²) in [5.74, 6) is 2.10. The second-order valence-electron chi connectivity index (χ2n) is 7.67. The fourth-order valence-corrected chi connectivity index (χ4v) is 5.38. The number of amides is 2. The summed E-state index contributed by atoms with van der Waals surface area (Å²) in [5, 5.41) is 5.64. The predicted octanol–water partition coefficient (Wildman–Crippen LogP) is 2.35. The number of hydrogen-bond donors (Lipinski definition) is 2. The number of aromatic nitrogens is 1. The van der Waals surface area contributed by atoms with Crippen LogP contribution in [-0.4, -0.2) is 23.3 Å². The molecule has 0 unspecified atom stereocenters. The number of carbonyl (C=O) groups is 2. The van der Waals surface area contributed by atoms with Crippen LogP contribution in [0.4, 0.5) is 5.69 Å². The molecule has 0 aliphatic heterocycles. The first-order valence-corrected chi connectivity index (χ1v) is 8.61. The first kappa shape index (κ1) is 14.7. The minimum absolute atomic E-state index is 0.0372. The van der Waals surface area contributed by atoms with Gasteiger partial charge in [0.15, 0.2) is 0 Å². The van der Waals surface area contributed by atoms with Crippen molar-refractivity contribution in [3.63, 3.8) is 0 Å². The van der Waals surface area contributed by atoms with Gasteiger partial charge in [0.2, 0.25) is 11.8 Å². The number of nitrogens with one attached hydrogen (secondary N) is 2. The summed E-state index contributed by atoms with van der Waals surface area (Å²) in [6.45, 7) is 0.0372. The largest absolute Gasteiger partial charge is 0.347 e. The molecular weight excluding hydrogens is 290 g/mol. The van der Waals surface area contributed by atoms with E-state index in [4.69, 9.17) is 0 Å². The lowest BCUT2D eigenvalue weighted by Crippen LogP contribution is -2.54. The summed E-state index contributed by atoms with van der Waals surface area (Å²) < 4.78 is 0. The summed E-state index contributed by atoms with van der Waals surface area (Å²) in [6.07, 6.45) is 10.3. The van der Waals surface area contributed by atoms with E-state index in [1.165, 1.54) is 19.3 Å². The Balaban J connectivity index is 1.34. The number of pyridine rings is 1. The highest BCUT2D eigenvalue weighted by molar-refractivity contribution is 5.95. The van der Waals surface area contributed by atoms with Gasteiger partial charge in [0.1, 0.15) is 0 Å². The molecule has 0 saturated heterocycles. The van der Waals surface area contributed by atoms with Crippen molar-refractivity contribution in [1.29, 1.82) is 0 Å². The quantitative estimate of drug-likeness (QED) is 0.896. The third kappa shape index (κ3) is 2.84. The molecule has 23 heavy (non-hydrogen) atoms. The van der Waals surface area contributed by atoms with Gasteiger partial charge in [-0.3, -0.25) is 14.6 Å². The maximum absolute atomic E-state index is 12.8. The van der Waals surface area contributed by atoms with Gasteiger partial charge in [-0.2, -0.15) is 0 Å². The molecule has 0 aromatic carbocycles. The van der Waals surface area contributed by atoms with Gasteiger partial charge in [-0.05, 0) is 68.4 Å². The van der Waals surface area contributed by atoms with Gasteiger partial charge in [-0.15, -0.1) is 0 Å². The summed E-state index contributed by atoms with van der Waals surface area (Å²) >= 11 is 0. The average molecular weight is 313 g/mol. The standard InChI is InChI=1S/C18H23N3O2/c22-16(21-15-2-1-3-19-10-15)11-20-17(23)18-7-12-4-13(8-18)6-14(5-12)9-18/h1-3,10,12-14H,4-9,11H2,(H,20,23)(H,21,22). The second-order valence-corrected chi connectivity index (χ2v) is 7.67. The summed E-state index contributed by atoms with van der Waals surface area (Å²) in [7, 11) is 0. The fraction of sp³-hybridized carbons (Fsp3) is 0.611. The van der Waals surface area contributed by atoms with E-state index in [2.05, 4.69) is 15.6 Å². The normalized spacial score (nSPS) is 34.2. The van der Waals surface area contributed by atoms with Gasteiger partial charge < -0.3 is 10.6 Å². The van der Waals surface area contributed by atoms with Crippen molar-refractivity contribution in [3.05, 3.63) is 24.5 Å². The highest BCUT2D eigenvalue weighted by Gasteiger charge is 2.54. The molecule has 4 saturated carbocycles. The van der Waals surface area contributed by atoms with Crippen LogP contribution in [0.1, 0.15) is 38.5 Å². The van der Waals surface area contributed by atoms with Crippen LogP contribution in [0.5, 0.6) is 0 Å². The van der Waals surface area contributed by atoms with Crippen LogP contribution in [0.2, 0.25) is 0 Å². The molecule has 4 fully saturated rings. The zero-order valence-corrected chi connectivity index (χ0v) is 13.3.